The maximum Gasteiger partial charge on any atom is 0.316 e. The van der Waals surface area contributed by atoms with Crippen molar-refractivity contribution in [2.45, 2.75) is 70.8 Å². The standard InChI is InChI=1S/C26H33NO4/c1-16-22(25(29)31-19-8-6-5-7-9-19)23(17-10-12-18(30-4)13-11-17)24-20(27-16)14-26(2,3)15-21(24)28/h10-13,19,22-23,27H,1,5-9,14-15H2,2-4H3. The van der Waals surface area contributed by atoms with Crippen LogP contribution in [0.3, 0.4) is 0 Å². The summed E-state index contributed by atoms with van der Waals surface area (Å²) < 4.78 is 11.3. The zero-order valence-electron chi connectivity index (χ0n) is 18.8. The highest BCUT2D eigenvalue weighted by atomic mass is 16.5. The second-order valence-corrected chi connectivity index (χ2v) is 9.91. The number of Topliss-reactive ketones (excluding diaryl/α,β-unsaturated/α-hetero) is 1. The van der Waals surface area contributed by atoms with Gasteiger partial charge in [0.15, 0.2) is 5.78 Å². The Morgan fingerprint density at radius 1 is 1.10 bits per heavy atom. The van der Waals surface area contributed by atoms with E-state index in [2.05, 4.69) is 25.7 Å². The van der Waals surface area contributed by atoms with E-state index in [0.29, 0.717) is 17.7 Å². The Bertz CT molecular complexity index is 906. The average Bonchev–Trinajstić information content (AvgIpc) is 2.72. The molecular weight excluding hydrogens is 390 g/mol. The van der Waals surface area contributed by atoms with E-state index in [9.17, 15) is 9.59 Å². The first kappa shape index (κ1) is 21.7. The van der Waals surface area contributed by atoms with Gasteiger partial charge in [0.2, 0.25) is 0 Å². The van der Waals surface area contributed by atoms with Crippen LogP contribution in [0.5, 0.6) is 5.75 Å². The number of carbonyl (C=O) groups is 2. The molecule has 166 valence electrons. The molecule has 0 saturated heterocycles. The normalized spacial score (nSPS) is 26.2. The van der Waals surface area contributed by atoms with Crippen LogP contribution in [0.4, 0.5) is 0 Å². The molecule has 1 heterocycles. The molecule has 1 aliphatic heterocycles. The number of carbonyl (C=O) groups excluding carboxylic acids is 2. The number of esters is 1. The molecule has 5 heteroatoms. The first-order chi connectivity index (χ1) is 14.8. The van der Waals surface area contributed by atoms with Gasteiger partial charge in [0.25, 0.3) is 0 Å². The Hall–Kier alpha value is -2.56. The zero-order valence-corrected chi connectivity index (χ0v) is 18.8. The molecular formula is C26H33NO4. The van der Waals surface area contributed by atoms with Crippen LogP contribution in [0.15, 0.2) is 47.8 Å². The van der Waals surface area contributed by atoms with Crippen molar-refractivity contribution in [3.63, 3.8) is 0 Å². The van der Waals surface area contributed by atoms with Gasteiger partial charge in [-0.1, -0.05) is 39.0 Å². The van der Waals surface area contributed by atoms with Crippen molar-refractivity contribution >= 4 is 11.8 Å². The maximum atomic E-state index is 13.4. The predicted molar refractivity (Wildman–Crippen MR) is 120 cm³/mol. The fourth-order valence-electron chi connectivity index (χ4n) is 5.32. The zero-order chi connectivity index (χ0) is 22.2. The summed E-state index contributed by atoms with van der Waals surface area (Å²) in [5, 5.41) is 3.33. The lowest BCUT2D eigenvalue weighted by atomic mass is 9.66. The molecule has 1 fully saturated rings. The molecule has 2 unspecified atom stereocenters. The van der Waals surface area contributed by atoms with E-state index in [1.54, 1.807) is 7.11 Å². The summed E-state index contributed by atoms with van der Waals surface area (Å²) in [7, 11) is 1.62. The first-order valence-electron chi connectivity index (χ1n) is 11.4. The number of rotatable bonds is 4. The van der Waals surface area contributed by atoms with Crippen LogP contribution in [0.1, 0.15) is 70.3 Å². The van der Waals surface area contributed by atoms with Crippen molar-refractivity contribution in [1.82, 2.24) is 5.32 Å². The van der Waals surface area contributed by atoms with Crippen LogP contribution in [-0.4, -0.2) is 25.0 Å². The van der Waals surface area contributed by atoms with Crippen molar-refractivity contribution in [3.8, 4) is 5.75 Å². The summed E-state index contributed by atoms with van der Waals surface area (Å²) in [4.78, 5) is 26.7. The Morgan fingerprint density at radius 2 is 1.77 bits per heavy atom. The molecule has 3 aliphatic rings. The van der Waals surface area contributed by atoms with Crippen molar-refractivity contribution in [3.05, 3.63) is 53.4 Å². The van der Waals surface area contributed by atoms with Gasteiger partial charge in [-0.3, -0.25) is 9.59 Å². The Morgan fingerprint density at radius 3 is 2.42 bits per heavy atom. The quantitative estimate of drug-likeness (QED) is 0.688. The van der Waals surface area contributed by atoms with E-state index < -0.39 is 11.8 Å². The van der Waals surface area contributed by atoms with E-state index >= 15 is 0 Å². The van der Waals surface area contributed by atoms with Gasteiger partial charge >= 0.3 is 5.97 Å². The van der Waals surface area contributed by atoms with Crippen molar-refractivity contribution in [2.24, 2.45) is 11.3 Å². The van der Waals surface area contributed by atoms with Gasteiger partial charge in [0.05, 0.1) is 7.11 Å². The van der Waals surface area contributed by atoms with Gasteiger partial charge in [0.1, 0.15) is 17.8 Å². The van der Waals surface area contributed by atoms with Crippen molar-refractivity contribution in [1.29, 1.82) is 0 Å². The van der Waals surface area contributed by atoms with Gasteiger partial charge in [-0.25, -0.2) is 0 Å². The molecule has 0 bridgehead atoms. The minimum Gasteiger partial charge on any atom is -0.497 e. The number of ketones is 1. The lowest BCUT2D eigenvalue weighted by molar-refractivity contribution is -0.155. The monoisotopic (exact) mass is 423 g/mol. The molecule has 0 amide bonds. The van der Waals surface area contributed by atoms with Crippen molar-refractivity contribution < 1.29 is 19.1 Å². The number of ether oxygens (including phenoxy) is 2. The fraction of sp³-hybridized carbons (Fsp3) is 0.538. The Kier molecular flexibility index (Phi) is 5.96. The van der Waals surface area contributed by atoms with E-state index in [4.69, 9.17) is 9.47 Å². The number of nitrogens with one attached hydrogen (secondary N) is 1. The van der Waals surface area contributed by atoms with Crippen LogP contribution in [0, 0.1) is 11.3 Å². The number of hydrogen-bond donors (Lipinski definition) is 1. The lowest BCUT2D eigenvalue weighted by Crippen LogP contribution is -2.44. The Balaban J connectivity index is 1.73. The van der Waals surface area contributed by atoms with E-state index in [-0.39, 0.29) is 23.3 Å². The summed E-state index contributed by atoms with van der Waals surface area (Å²) in [6, 6.07) is 7.64. The fourth-order valence-corrected chi connectivity index (χ4v) is 5.32. The van der Waals surface area contributed by atoms with Crippen molar-refractivity contribution in [2.75, 3.05) is 7.11 Å². The summed E-state index contributed by atoms with van der Waals surface area (Å²) >= 11 is 0. The number of methoxy groups -OCH3 is 1. The van der Waals surface area contributed by atoms with Gasteiger partial charge in [-0.15, -0.1) is 0 Å². The molecule has 0 radical (unpaired) electrons. The van der Waals surface area contributed by atoms with Gasteiger partial charge in [0, 0.05) is 29.3 Å². The SMILES string of the molecule is C=C1NC2=C(C(=O)CC(C)(C)C2)C(c2ccc(OC)cc2)C1C(=O)OC1CCCCC1. The molecule has 4 rings (SSSR count). The maximum absolute atomic E-state index is 13.4. The number of allylic oxidation sites excluding steroid dienone is 2. The second kappa shape index (κ2) is 8.52. The number of benzene rings is 1. The minimum absolute atomic E-state index is 0.0399. The molecule has 5 nitrogen and oxygen atoms in total. The second-order valence-electron chi connectivity index (χ2n) is 9.91. The van der Waals surface area contributed by atoms with Crippen LogP contribution in [-0.2, 0) is 14.3 Å². The molecule has 1 aromatic rings. The summed E-state index contributed by atoms with van der Waals surface area (Å²) in [6.45, 7) is 8.41. The highest BCUT2D eigenvalue weighted by molar-refractivity contribution is 6.00. The largest absolute Gasteiger partial charge is 0.497 e. The van der Waals surface area contributed by atoms with Crippen LogP contribution in [0.25, 0.3) is 0 Å². The smallest absolute Gasteiger partial charge is 0.316 e. The summed E-state index contributed by atoms with van der Waals surface area (Å²) in [5.41, 5.74) is 3.01. The number of hydrogen-bond acceptors (Lipinski definition) is 5. The minimum atomic E-state index is -0.626. The van der Waals surface area contributed by atoms with Gasteiger partial charge in [-0.05, 0) is 55.2 Å². The Labute approximate surface area is 184 Å². The molecule has 31 heavy (non-hydrogen) atoms. The third-order valence-corrected chi connectivity index (χ3v) is 6.82. The van der Waals surface area contributed by atoms with Gasteiger partial charge < -0.3 is 14.8 Å². The van der Waals surface area contributed by atoms with Crippen LogP contribution >= 0.6 is 0 Å². The third-order valence-electron chi connectivity index (χ3n) is 6.82. The lowest BCUT2D eigenvalue weighted by Gasteiger charge is -2.42. The topological polar surface area (TPSA) is 64.6 Å². The molecule has 2 atom stereocenters. The molecule has 0 aromatic heterocycles. The first-order valence-corrected chi connectivity index (χ1v) is 11.4. The molecule has 2 aliphatic carbocycles. The summed E-state index contributed by atoms with van der Waals surface area (Å²) in [6.07, 6.45) is 6.38. The molecule has 0 spiro atoms. The van der Waals surface area contributed by atoms with Crippen LogP contribution < -0.4 is 10.1 Å². The highest BCUT2D eigenvalue weighted by Gasteiger charge is 2.47. The van der Waals surface area contributed by atoms with E-state index in [1.807, 2.05) is 24.3 Å². The predicted octanol–water partition coefficient (Wildman–Crippen LogP) is 5.03. The molecule has 1 N–H and O–H groups in total. The van der Waals surface area contributed by atoms with Gasteiger partial charge in [-0.2, -0.15) is 0 Å². The summed E-state index contributed by atoms with van der Waals surface area (Å²) in [5.74, 6) is -0.464. The molecule has 1 saturated carbocycles. The molecule has 1 aromatic carbocycles. The van der Waals surface area contributed by atoms with Crippen LogP contribution in [0.2, 0.25) is 0 Å². The third kappa shape index (κ3) is 4.41. The van der Waals surface area contributed by atoms with E-state index in [1.165, 1.54) is 6.42 Å². The average molecular weight is 424 g/mol. The van der Waals surface area contributed by atoms with E-state index in [0.717, 1.165) is 49.1 Å². The highest BCUT2D eigenvalue weighted by Crippen LogP contribution is 2.48.